The number of fused-ring (bicyclic) bond motifs is 1. The molecule has 1 aromatic carbocycles. The van der Waals surface area contributed by atoms with Crippen molar-refractivity contribution in [3.05, 3.63) is 23.8 Å². The SMILES string of the molecule is Cl.Nc1ccc2c(c1)N(S(N)(=O)=O)CC2. The number of benzene rings is 1. The van der Waals surface area contributed by atoms with Gasteiger partial charge >= 0.3 is 0 Å². The predicted octanol–water partition coefficient (Wildman–Crippen LogP) is 0.257. The second-order valence-electron chi connectivity index (χ2n) is 3.26. The summed E-state index contributed by atoms with van der Waals surface area (Å²) in [6.07, 6.45) is 0.687. The van der Waals surface area contributed by atoms with E-state index in [0.29, 0.717) is 24.3 Å². The van der Waals surface area contributed by atoms with Gasteiger partial charge in [0.15, 0.2) is 0 Å². The molecule has 0 bridgehead atoms. The first-order valence-corrected chi connectivity index (χ1v) is 5.67. The fraction of sp³-hybridized carbons (Fsp3) is 0.250. The maximum atomic E-state index is 11.2. The van der Waals surface area contributed by atoms with Crippen LogP contribution in [-0.4, -0.2) is 15.0 Å². The Morgan fingerprint density at radius 2 is 2.00 bits per heavy atom. The van der Waals surface area contributed by atoms with Gasteiger partial charge in [0.05, 0.1) is 5.69 Å². The Balaban J connectivity index is 0.00000112. The molecule has 5 nitrogen and oxygen atoms in total. The highest BCUT2D eigenvalue weighted by Gasteiger charge is 2.26. The van der Waals surface area contributed by atoms with E-state index in [1.807, 2.05) is 6.07 Å². The van der Waals surface area contributed by atoms with Crippen LogP contribution in [0.2, 0.25) is 0 Å². The van der Waals surface area contributed by atoms with Gasteiger partial charge in [0.1, 0.15) is 0 Å². The average Bonchev–Trinajstić information content (AvgIpc) is 2.45. The van der Waals surface area contributed by atoms with E-state index in [2.05, 4.69) is 0 Å². The Bertz CT molecular complexity index is 475. The number of nitrogen functional groups attached to an aromatic ring is 1. The van der Waals surface area contributed by atoms with Crippen LogP contribution in [0.3, 0.4) is 0 Å². The van der Waals surface area contributed by atoms with Crippen molar-refractivity contribution < 1.29 is 8.42 Å². The number of halogens is 1. The molecule has 7 heteroatoms. The van der Waals surface area contributed by atoms with Gasteiger partial charge in [-0.2, -0.15) is 8.42 Å². The van der Waals surface area contributed by atoms with E-state index in [-0.39, 0.29) is 12.4 Å². The van der Waals surface area contributed by atoms with Crippen LogP contribution < -0.4 is 15.2 Å². The molecule has 0 amide bonds. The molecule has 2 rings (SSSR count). The summed E-state index contributed by atoms with van der Waals surface area (Å²) in [5.74, 6) is 0. The van der Waals surface area contributed by atoms with Crippen molar-refractivity contribution in [1.29, 1.82) is 0 Å². The monoisotopic (exact) mass is 249 g/mol. The molecule has 0 atom stereocenters. The van der Waals surface area contributed by atoms with Crippen molar-refractivity contribution >= 4 is 34.0 Å². The molecule has 0 aliphatic carbocycles. The number of anilines is 2. The van der Waals surface area contributed by atoms with Gasteiger partial charge in [-0.3, -0.25) is 4.31 Å². The summed E-state index contributed by atoms with van der Waals surface area (Å²) < 4.78 is 23.5. The quantitative estimate of drug-likeness (QED) is 0.700. The first-order valence-electron chi connectivity index (χ1n) is 4.17. The van der Waals surface area contributed by atoms with Crippen LogP contribution in [0.5, 0.6) is 0 Å². The molecule has 1 aliphatic heterocycles. The van der Waals surface area contributed by atoms with E-state index in [9.17, 15) is 8.42 Å². The highest BCUT2D eigenvalue weighted by atomic mass is 35.5. The lowest BCUT2D eigenvalue weighted by Crippen LogP contribution is -2.35. The summed E-state index contributed by atoms with van der Waals surface area (Å²) >= 11 is 0. The van der Waals surface area contributed by atoms with Gasteiger partial charge in [0.25, 0.3) is 10.2 Å². The Labute approximate surface area is 94.6 Å². The summed E-state index contributed by atoms with van der Waals surface area (Å²) in [5, 5.41) is 5.06. The van der Waals surface area contributed by atoms with Gasteiger partial charge < -0.3 is 5.73 Å². The molecule has 0 radical (unpaired) electrons. The molecule has 0 saturated carbocycles. The fourth-order valence-corrected chi connectivity index (χ4v) is 2.42. The van der Waals surface area contributed by atoms with E-state index >= 15 is 0 Å². The lowest BCUT2D eigenvalue weighted by molar-refractivity contribution is 0.594. The maximum Gasteiger partial charge on any atom is 0.299 e. The Hall–Kier alpha value is -0.980. The normalized spacial score (nSPS) is 14.6. The second kappa shape index (κ2) is 3.88. The van der Waals surface area contributed by atoms with Crippen LogP contribution in [-0.2, 0) is 16.6 Å². The fourth-order valence-electron chi connectivity index (χ4n) is 1.63. The van der Waals surface area contributed by atoms with Crippen molar-refractivity contribution in [1.82, 2.24) is 0 Å². The third-order valence-corrected chi connectivity index (χ3v) is 3.26. The zero-order valence-electron chi connectivity index (χ0n) is 7.88. The minimum Gasteiger partial charge on any atom is -0.399 e. The minimum atomic E-state index is -3.65. The second-order valence-corrected chi connectivity index (χ2v) is 4.73. The number of nitrogens with zero attached hydrogens (tertiary/aromatic N) is 1. The molecule has 0 spiro atoms. The molecule has 0 unspecified atom stereocenters. The number of hydrogen-bond acceptors (Lipinski definition) is 3. The van der Waals surface area contributed by atoms with Gasteiger partial charge in [-0.05, 0) is 24.1 Å². The predicted molar refractivity (Wildman–Crippen MR) is 62.3 cm³/mol. The number of nitrogens with two attached hydrogens (primary N) is 2. The molecule has 0 aromatic heterocycles. The third kappa shape index (κ3) is 2.17. The van der Waals surface area contributed by atoms with E-state index in [1.54, 1.807) is 12.1 Å². The van der Waals surface area contributed by atoms with E-state index in [4.69, 9.17) is 10.9 Å². The Morgan fingerprint density at radius 3 is 2.60 bits per heavy atom. The van der Waals surface area contributed by atoms with Gasteiger partial charge in [-0.15, -0.1) is 12.4 Å². The van der Waals surface area contributed by atoms with E-state index < -0.39 is 10.2 Å². The molecule has 84 valence electrons. The van der Waals surface area contributed by atoms with Crippen LogP contribution in [0.4, 0.5) is 11.4 Å². The lowest BCUT2D eigenvalue weighted by atomic mass is 10.1. The molecule has 1 heterocycles. The molecule has 1 aromatic rings. The third-order valence-electron chi connectivity index (χ3n) is 2.27. The molecule has 4 N–H and O–H groups in total. The van der Waals surface area contributed by atoms with Crippen LogP contribution in [0.15, 0.2) is 18.2 Å². The van der Waals surface area contributed by atoms with Crippen molar-refractivity contribution in [3.63, 3.8) is 0 Å². The zero-order valence-corrected chi connectivity index (χ0v) is 9.51. The van der Waals surface area contributed by atoms with Crippen molar-refractivity contribution in [3.8, 4) is 0 Å². The topological polar surface area (TPSA) is 89.4 Å². The highest BCUT2D eigenvalue weighted by molar-refractivity contribution is 7.90. The summed E-state index contributed by atoms with van der Waals surface area (Å²) in [7, 11) is -3.65. The first kappa shape index (κ1) is 12.1. The lowest BCUT2D eigenvalue weighted by Gasteiger charge is -2.15. The van der Waals surface area contributed by atoms with E-state index in [1.165, 1.54) is 4.31 Å². The maximum absolute atomic E-state index is 11.2. The molecular weight excluding hydrogens is 238 g/mol. The number of hydrogen-bond donors (Lipinski definition) is 2. The average molecular weight is 250 g/mol. The summed E-state index contributed by atoms with van der Waals surface area (Å²) in [5.41, 5.74) is 7.69. The van der Waals surface area contributed by atoms with E-state index in [0.717, 1.165) is 5.56 Å². The zero-order chi connectivity index (χ0) is 10.3. The minimum absolute atomic E-state index is 0. The Kier molecular flexibility index (Phi) is 3.13. The van der Waals surface area contributed by atoms with Gasteiger partial charge in [0.2, 0.25) is 0 Å². The van der Waals surface area contributed by atoms with Crippen molar-refractivity contribution in [2.24, 2.45) is 5.14 Å². The first-order chi connectivity index (χ1) is 6.48. The molecule has 0 fully saturated rings. The highest BCUT2D eigenvalue weighted by Crippen LogP contribution is 2.30. The largest absolute Gasteiger partial charge is 0.399 e. The standard InChI is InChI=1S/C8H11N3O2S.ClH/c9-7-2-1-6-3-4-11(8(6)5-7)14(10,12)13;/h1-2,5H,3-4,9H2,(H2,10,12,13);1H. The summed E-state index contributed by atoms with van der Waals surface area (Å²) in [6, 6.07) is 5.22. The molecule has 0 saturated heterocycles. The van der Waals surface area contributed by atoms with Crippen LogP contribution in [0.25, 0.3) is 0 Å². The van der Waals surface area contributed by atoms with Crippen LogP contribution in [0.1, 0.15) is 5.56 Å². The van der Waals surface area contributed by atoms with Crippen LogP contribution in [0, 0.1) is 0 Å². The Morgan fingerprint density at radius 1 is 1.33 bits per heavy atom. The smallest absolute Gasteiger partial charge is 0.299 e. The summed E-state index contributed by atoms with van der Waals surface area (Å²) in [6.45, 7) is 0.400. The van der Waals surface area contributed by atoms with Crippen molar-refractivity contribution in [2.45, 2.75) is 6.42 Å². The van der Waals surface area contributed by atoms with Gasteiger partial charge in [-0.25, -0.2) is 5.14 Å². The molecular formula is C8H12ClN3O2S. The van der Waals surface area contributed by atoms with Gasteiger partial charge in [0, 0.05) is 12.2 Å². The van der Waals surface area contributed by atoms with Crippen molar-refractivity contribution in [2.75, 3.05) is 16.6 Å². The molecule has 1 aliphatic rings. The van der Waals surface area contributed by atoms with Gasteiger partial charge in [-0.1, -0.05) is 6.07 Å². The summed E-state index contributed by atoms with van der Waals surface area (Å²) in [4.78, 5) is 0. The van der Waals surface area contributed by atoms with Crippen LogP contribution >= 0.6 is 12.4 Å². The number of rotatable bonds is 1. The molecule has 15 heavy (non-hydrogen) atoms.